The molecule has 1 amide bonds. The lowest BCUT2D eigenvalue weighted by Gasteiger charge is -2.43. The highest BCUT2D eigenvalue weighted by atomic mass is 16.2. The van der Waals surface area contributed by atoms with Crippen molar-refractivity contribution in [1.82, 2.24) is 45.5 Å². The van der Waals surface area contributed by atoms with Crippen LogP contribution in [0.2, 0.25) is 0 Å². The number of nitrogens with two attached hydrogens (primary N) is 1. The van der Waals surface area contributed by atoms with Crippen molar-refractivity contribution in [3.8, 4) is 0 Å². The van der Waals surface area contributed by atoms with E-state index in [2.05, 4.69) is 51.7 Å². The highest BCUT2D eigenvalue weighted by Gasteiger charge is 2.45. The number of hydrogen-bond acceptors (Lipinski definition) is 10. The Morgan fingerprint density at radius 2 is 1.66 bits per heavy atom. The molecule has 13 heteroatoms. The summed E-state index contributed by atoms with van der Waals surface area (Å²) in [6.07, 6.45) is 8.97. The molecule has 3 atom stereocenters. The topological polar surface area (TPSA) is 166 Å². The molecule has 0 aromatic carbocycles. The lowest BCUT2D eigenvalue weighted by Crippen LogP contribution is -2.64. The normalized spacial score (nSPS) is 14.7. The maximum absolute atomic E-state index is 14.2. The second-order valence-corrected chi connectivity index (χ2v) is 11.9. The molecule has 2 heterocycles. The minimum atomic E-state index is -1.15. The van der Waals surface area contributed by atoms with Crippen LogP contribution in [0.4, 0.5) is 0 Å². The molecule has 0 aliphatic carbocycles. The number of Topliss-reactive ketones (excluding diaryl/α,β-unsaturated/α-hetero) is 2. The fourth-order valence-corrected chi connectivity index (χ4v) is 5.46. The second kappa shape index (κ2) is 17.3. The van der Waals surface area contributed by atoms with Gasteiger partial charge >= 0.3 is 0 Å². The van der Waals surface area contributed by atoms with Crippen LogP contribution in [-0.2, 0) is 40.3 Å². The Morgan fingerprint density at radius 3 is 2.20 bits per heavy atom. The van der Waals surface area contributed by atoms with Crippen molar-refractivity contribution < 1.29 is 14.4 Å². The number of rotatable bonds is 23. The minimum Gasteiger partial charge on any atom is -0.369 e. The van der Waals surface area contributed by atoms with E-state index in [0.717, 1.165) is 30.7 Å². The molecule has 246 valence electrons. The summed E-state index contributed by atoms with van der Waals surface area (Å²) in [7, 11) is 0. The monoisotopic (exact) mass is 614 g/mol. The van der Waals surface area contributed by atoms with Crippen molar-refractivity contribution in [2.75, 3.05) is 26.2 Å². The Bertz CT molecular complexity index is 1220. The molecule has 3 unspecified atom stereocenters. The quantitative estimate of drug-likeness (QED) is 0.124. The molecule has 44 heavy (non-hydrogen) atoms. The van der Waals surface area contributed by atoms with Crippen LogP contribution in [-0.4, -0.2) is 95.7 Å². The van der Waals surface area contributed by atoms with E-state index < -0.39 is 23.0 Å². The number of carbonyl (C=O) groups is 3. The molecule has 0 bridgehead atoms. The number of nitrogens with zero attached hydrogens (tertiary/aromatic N) is 7. The Hall–Kier alpha value is -3.29. The van der Waals surface area contributed by atoms with E-state index in [1.54, 1.807) is 23.2 Å². The molecule has 4 N–H and O–H groups in total. The van der Waals surface area contributed by atoms with Crippen LogP contribution < -0.4 is 16.4 Å². The first-order valence-electron chi connectivity index (χ1n) is 15.9. The molecule has 0 spiro atoms. The fraction of sp³-hybridized carbons (Fsp3) is 0.710. The van der Waals surface area contributed by atoms with Crippen LogP contribution in [0, 0.1) is 5.92 Å². The van der Waals surface area contributed by atoms with Gasteiger partial charge in [0.1, 0.15) is 0 Å². The molecular formula is C31H54N10O3. The summed E-state index contributed by atoms with van der Waals surface area (Å²) in [5, 5.41) is 23.1. The van der Waals surface area contributed by atoms with E-state index in [-0.39, 0.29) is 24.7 Å². The van der Waals surface area contributed by atoms with E-state index >= 15 is 0 Å². The van der Waals surface area contributed by atoms with Gasteiger partial charge in [0.15, 0.2) is 11.6 Å². The zero-order chi connectivity index (χ0) is 32.9. The van der Waals surface area contributed by atoms with E-state index in [1.807, 2.05) is 38.1 Å². The second-order valence-electron chi connectivity index (χ2n) is 11.9. The summed E-state index contributed by atoms with van der Waals surface area (Å²) in [5.74, 6) is -0.281. The van der Waals surface area contributed by atoms with Crippen LogP contribution in [0.3, 0.4) is 0 Å². The Labute approximate surface area is 262 Å². The van der Waals surface area contributed by atoms with Crippen molar-refractivity contribution in [3.63, 3.8) is 0 Å². The Balaban J connectivity index is 2.12. The van der Waals surface area contributed by atoms with E-state index in [1.165, 1.54) is 6.08 Å². The first-order chi connectivity index (χ1) is 20.9. The number of aromatic nitrogens is 6. The molecule has 13 nitrogen and oxygen atoms in total. The van der Waals surface area contributed by atoms with Gasteiger partial charge in [0, 0.05) is 25.5 Å². The number of ketones is 2. The highest BCUT2D eigenvalue weighted by Crippen LogP contribution is 2.28. The average Bonchev–Trinajstić information content (AvgIpc) is 3.67. The van der Waals surface area contributed by atoms with Crippen LogP contribution in [0.15, 0.2) is 25.0 Å². The van der Waals surface area contributed by atoms with Crippen LogP contribution >= 0.6 is 0 Å². The van der Waals surface area contributed by atoms with Crippen molar-refractivity contribution in [2.45, 2.75) is 111 Å². The summed E-state index contributed by atoms with van der Waals surface area (Å²) in [6.45, 7) is 19.5. The van der Waals surface area contributed by atoms with E-state index in [4.69, 9.17) is 5.73 Å². The van der Waals surface area contributed by atoms with Gasteiger partial charge in [0.2, 0.25) is 5.91 Å². The smallest absolute Gasteiger partial charge is 0.231 e. The summed E-state index contributed by atoms with van der Waals surface area (Å²) >= 11 is 0. The number of carbonyl (C=O) groups excluding carboxylic acids is 3. The van der Waals surface area contributed by atoms with E-state index in [0.29, 0.717) is 44.9 Å². The van der Waals surface area contributed by atoms with Gasteiger partial charge in [-0.1, -0.05) is 57.5 Å². The third-order valence-corrected chi connectivity index (χ3v) is 8.67. The molecule has 0 saturated carbocycles. The zero-order valence-corrected chi connectivity index (χ0v) is 27.8. The summed E-state index contributed by atoms with van der Waals surface area (Å²) in [4.78, 5) is 41.6. The fourth-order valence-electron chi connectivity index (χ4n) is 5.46. The van der Waals surface area contributed by atoms with Crippen molar-refractivity contribution >= 4 is 17.5 Å². The Kier molecular flexibility index (Phi) is 14.5. The van der Waals surface area contributed by atoms with Gasteiger partial charge in [-0.15, -0.1) is 16.8 Å². The lowest BCUT2D eigenvalue weighted by atomic mass is 9.81. The van der Waals surface area contributed by atoms with Gasteiger partial charge in [-0.05, 0) is 45.4 Å². The number of hydrogen-bond donors (Lipinski definition) is 3. The molecular weight excluding hydrogens is 560 g/mol. The number of aryl methyl sites for hydroxylation is 1. The first kappa shape index (κ1) is 36.9. The summed E-state index contributed by atoms with van der Waals surface area (Å²) < 4.78 is 3.49. The lowest BCUT2D eigenvalue weighted by molar-refractivity contribution is -0.136. The van der Waals surface area contributed by atoms with Crippen molar-refractivity contribution in [3.05, 3.63) is 36.4 Å². The van der Waals surface area contributed by atoms with Crippen LogP contribution in [0.5, 0.6) is 0 Å². The molecule has 2 aromatic rings. The third kappa shape index (κ3) is 9.86. The Morgan fingerprint density at radius 1 is 1.05 bits per heavy atom. The molecule has 0 saturated heterocycles. The molecule has 0 fully saturated rings. The SMILES string of the molecule is C=CC(C)(NC(C)C(=O)C(CC)(CC)N(CCn1cc(CC(C)CC)nn1)CC(N)=O)C(=O)CNCCn1cc(CC)nn1. The standard InChI is InChI=1S/C31H54N10O3/c1-9-23(6)18-26-21-41(38-36-26)17-16-39(22-28(32)43)31(12-4,13-5)29(44)24(7)34-30(8,11-3)27(42)19-33-14-15-40-20-25(10-2)35-37-40/h11,20-21,23-24,33-34H,3,9-10,12-19,22H2,1-2,4-8H3,(H2,32,43). The van der Waals surface area contributed by atoms with Gasteiger partial charge in [-0.25, -0.2) is 0 Å². The zero-order valence-electron chi connectivity index (χ0n) is 27.8. The number of primary amides is 1. The van der Waals surface area contributed by atoms with Gasteiger partial charge in [-0.3, -0.25) is 34.0 Å². The number of nitrogens with one attached hydrogen (secondary N) is 2. The van der Waals surface area contributed by atoms with Crippen molar-refractivity contribution in [2.24, 2.45) is 11.7 Å². The van der Waals surface area contributed by atoms with Gasteiger partial charge < -0.3 is 11.1 Å². The largest absolute Gasteiger partial charge is 0.369 e. The summed E-state index contributed by atoms with van der Waals surface area (Å²) in [6, 6.07) is -0.714. The van der Waals surface area contributed by atoms with Crippen LogP contribution in [0.1, 0.15) is 79.1 Å². The first-order valence-corrected chi connectivity index (χ1v) is 15.9. The van der Waals surface area contributed by atoms with Gasteiger partial charge in [0.25, 0.3) is 0 Å². The van der Waals surface area contributed by atoms with Crippen LogP contribution in [0.25, 0.3) is 0 Å². The van der Waals surface area contributed by atoms with Gasteiger partial charge in [-0.2, -0.15) is 0 Å². The summed E-state index contributed by atoms with van der Waals surface area (Å²) in [5.41, 5.74) is 5.36. The molecule has 2 rings (SSSR count). The molecule has 0 aliphatic rings. The van der Waals surface area contributed by atoms with E-state index in [9.17, 15) is 14.4 Å². The highest BCUT2D eigenvalue weighted by molar-refractivity contribution is 5.96. The van der Waals surface area contributed by atoms with Crippen molar-refractivity contribution in [1.29, 1.82) is 0 Å². The molecule has 2 aromatic heterocycles. The predicted molar refractivity (Wildman–Crippen MR) is 171 cm³/mol. The predicted octanol–water partition coefficient (Wildman–Crippen LogP) is 1.72. The minimum absolute atomic E-state index is 0.0817. The average molecular weight is 615 g/mol. The molecule has 0 aliphatic heterocycles. The maximum Gasteiger partial charge on any atom is 0.231 e. The van der Waals surface area contributed by atoms with Gasteiger partial charge in [0.05, 0.1) is 54.7 Å². The number of amides is 1. The molecule has 0 radical (unpaired) electrons. The maximum atomic E-state index is 14.2. The third-order valence-electron chi connectivity index (χ3n) is 8.67.